The van der Waals surface area contributed by atoms with E-state index in [-0.39, 0.29) is 40.2 Å². The van der Waals surface area contributed by atoms with Gasteiger partial charge in [0.2, 0.25) is 0 Å². The zero-order valence-electron chi connectivity index (χ0n) is 22.2. The van der Waals surface area contributed by atoms with Crippen molar-refractivity contribution in [2.45, 2.75) is 19.6 Å². The molecule has 11 nitrogen and oxygen atoms in total. The summed E-state index contributed by atoms with van der Waals surface area (Å²) < 4.78 is 44.8. The number of rotatable bonds is 6. The summed E-state index contributed by atoms with van der Waals surface area (Å²) in [6.45, 7) is 4.41. The average Bonchev–Trinajstić information content (AvgIpc) is 3.59. The van der Waals surface area contributed by atoms with E-state index >= 15 is 0 Å². The molecule has 1 aliphatic heterocycles. The Morgan fingerprint density at radius 1 is 1.10 bits per heavy atom. The summed E-state index contributed by atoms with van der Waals surface area (Å²) in [6, 6.07) is 4.92. The molecule has 0 saturated carbocycles. The molecule has 1 fully saturated rings. The number of carbonyl (C=O) groups excluding carboxylic acids is 1. The van der Waals surface area contributed by atoms with Crippen LogP contribution in [0, 0.1) is 6.92 Å². The Bertz CT molecular complexity index is 1760. The van der Waals surface area contributed by atoms with Gasteiger partial charge in [-0.2, -0.15) is 18.3 Å². The van der Waals surface area contributed by atoms with Crippen LogP contribution in [-0.2, 0) is 12.7 Å². The number of nitrogens with one attached hydrogen (secondary N) is 2. The molecule has 42 heavy (non-hydrogen) atoms. The fourth-order valence-corrected chi connectivity index (χ4v) is 4.95. The maximum absolute atomic E-state index is 14.1. The van der Waals surface area contributed by atoms with Crippen LogP contribution in [0.3, 0.4) is 0 Å². The second-order valence-corrected chi connectivity index (χ2v) is 10.1. The summed E-state index contributed by atoms with van der Waals surface area (Å²) in [5, 5.41) is 10.4. The van der Waals surface area contributed by atoms with Crippen molar-refractivity contribution in [3.8, 4) is 11.3 Å². The van der Waals surface area contributed by atoms with Gasteiger partial charge in [-0.25, -0.2) is 19.9 Å². The molecular weight excluding hydrogens is 573 g/mol. The molecule has 1 amide bonds. The molecule has 0 radical (unpaired) electrons. The zero-order chi connectivity index (χ0) is 29.4. The Kier molecular flexibility index (Phi) is 7.24. The first-order valence-electron chi connectivity index (χ1n) is 13.0. The Morgan fingerprint density at radius 3 is 2.57 bits per heavy atom. The molecule has 0 aliphatic carbocycles. The van der Waals surface area contributed by atoms with Gasteiger partial charge in [-0.05, 0) is 30.7 Å². The van der Waals surface area contributed by atoms with Crippen LogP contribution in [0.1, 0.15) is 27.4 Å². The third-order valence-electron chi connectivity index (χ3n) is 6.74. The average molecular weight is 597 g/mol. The highest BCUT2D eigenvalue weighted by atomic mass is 35.5. The van der Waals surface area contributed by atoms with E-state index in [0.717, 1.165) is 23.3 Å². The molecule has 4 aromatic heterocycles. The number of alkyl halides is 3. The topological polar surface area (TPSA) is 118 Å². The first kappa shape index (κ1) is 27.6. The highest BCUT2D eigenvalue weighted by Gasteiger charge is 2.38. The van der Waals surface area contributed by atoms with Crippen molar-refractivity contribution in [1.29, 1.82) is 0 Å². The first-order chi connectivity index (χ1) is 20.2. The molecule has 0 bridgehead atoms. The number of aryl methyl sites for hydroxylation is 1. The summed E-state index contributed by atoms with van der Waals surface area (Å²) in [5.41, 5.74) is 0.995. The van der Waals surface area contributed by atoms with Gasteiger partial charge in [-0.1, -0.05) is 11.6 Å². The SMILES string of the molecule is Cc1cnc(Cn2cc(-c3cnc4c(Nc5ccc(C(=O)N6CCNCC6)c(Cl)c5)nccn34)c(C(F)(F)F)n2)nc1. The lowest BCUT2D eigenvalue weighted by molar-refractivity contribution is -0.141. The zero-order valence-corrected chi connectivity index (χ0v) is 23.0. The molecule has 5 heterocycles. The van der Waals surface area contributed by atoms with Gasteiger partial charge in [-0.15, -0.1) is 0 Å². The number of fused-ring (bicyclic) bond motifs is 1. The van der Waals surface area contributed by atoms with Gasteiger partial charge in [0.05, 0.1) is 28.0 Å². The molecule has 0 spiro atoms. The van der Waals surface area contributed by atoms with Gasteiger partial charge in [0, 0.05) is 62.9 Å². The monoisotopic (exact) mass is 596 g/mol. The third kappa shape index (κ3) is 5.50. The lowest BCUT2D eigenvalue weighted by Gasteiger charge is -2.27. The molecule has 5 aromatic rings. The number of imidazole rings is 1. The summed E-state index contributed by atoms with van der Waals surface area (Å²) in [4.78, 5) is 31.6. The van der Waals surface area contributed by atoms with E-state index in [9.17, 15) is 18.0 Å². The minimum Gasteiger partial charge on any atom is -0.337 e. The van der Waals surface area contributed by atoms with E-state index in [2.05, 4.69) is 35.7 Å². The lowest BCUT2D eigenvalue weighted by atomic mass is 10.1. The summed E-state index contributed by atoms with van der Waals surface area (Å²) in [7, 11) is 0. The molecule has 2 N–H and O–H groups in total. The van der Waals surface area contributed by atoms with Crippen LogP contribution < -0.4 is 10.6 Å². The second-order valence-electron chi connectivity index (χ2n) is 9.74. The molecule has 0 unspecified atom stereocenters. The van der Waals surface area contributed by atoms with Crippen molar-refractivity contribution >= 4 is 34.7 Å². The lowest BCUT2D eigenvalue weighted by Crippen LogP contribution is -2.46. The minimum absolute atomic E-state index is 0.0393. The maximum atomic E-state index is 14.1. The van der Waals surface area contributed by atoms with Gasteiger partial charge in [0.1, 0.15) is 12.4 Å². The van der Waals surface area contributed by atoms with Gasteiger partial charge < -0.3 is 15.5 Å². The Morgan fingerprint density at radius 2 is 1.86 bits per heavy atom. The number of hydrogen-bond donors (Lipinski definition) is 2. The molecule has 1 saturated heterocycles. The van der Waals surface area contributed by atoms with Gasteiger partial charge in [-0.3, -0.25) is 13.9 Å². The van der Waals surface area contributed by atoms with Crippen molar-refractivity contribution in [1.82, 2.24) is 44.3 Å². The predicted octanol–water partition coefficient (Wildman–Crippen LogP) is 4.20. The van der Waals surface area contributed by atoms with Crippen LogP contribution in [0.2, 0.25) is 5.02 Å². The fourth-order valence-electron chi connectivity index (χ4n) is 4.69. The van der Waals surface area contributed by atoms with E-state index in [4.69, 9.17) is 11.6 Å². The summed E-state index contributed by atoms with van der Waals surface area (Å²) in [6.07, 6.45) is 4.07. The summed E-state index contributed by atoms with van der Waals surface area (Å²) in [5.74, 6) is 0.465. The third-order valence-corrected chi connectivity index (χ3v) is 7.05. The van der Waals surface area contributed by atoms with E-state index in [0.29, 0.717) is 30.2 Å². The smallest absolute Gasteiger partial charge is 0.337 e. The van der Waals surface area contributed by atoms with Crippen molar-refractivity contribution in [2.24, 2.45) is 0 Å². The van der Waals surface area contributed by atoms with Crippen molar-refractivity contribution in [3.05, 3.63) is 83.0 Å². The Labute approximate surface area is 242 Å². The molecule has 0 atom stereocenters. The normalized spacial score (nSPS) is 14.0. The highest BCUT2D eigenvalue weighted by Crippen LogP contribution is 2.37. The molecule has 1 aromatic carbocycles. The fraction of sp³-hybridized carbons (Fsp3) is 0.259. The number of benzene rings is 1. The number of carbonyl (C=O) groups is 1. The number of hydrogen-bond acceptors (Lipinski definition) is 8. The number of piperazine rings is 1. The summed E-state index contributed by atoms with van der Waals surface area (Å²) >= 11 is 6.47. The van der Waals surface area contributed by atoms with Crippen LogP contribution in [0.5, 0.6) is 0 Å². The highest BCUT2D eigenvalue weighted by molar-refractivity contribution is 6.34. The van der Waals surface area contributed by atoms with Crippen LogP contribution in [0.4, 0.5) is 24.7 Å². The molecule has 1 aliphatic rings. The maximum Gasteiger partial charge on any atom is 0.435 e. The number of anilines is 2. The van der Waals surface area contributed by atoms with Crippen molar-refractivity contribution in [3.63, 3.8) is 0 Å². The van der Waals surface area contributed by atoms with Crippen LogP contribution >= 0.6 is 11.6 Å². The van der Waals surface area contributed by atoms with Crippen molar-refractivity contribution in [2.75, 3.05) is 31.5 Å². The number of halogens is 4. The van der Waals surface area contributed by atoms with E-state index in [1.807, 2.05) is 6.92 Å². The first-order valence-corrected chi connectivity index (χ1v) is 13.4. The number of amides is 1. The molecular formula is C27H24ClF3N10O. The molecule has 15 heteroatoms. The molecule has 216 valence electrons. The standard InChI is InChI=1S/C27H24ClF3N10O/c1-16-11-34-22(35-12-16)15-40-14-19(23(38-40)27(29,30)31)21-13-36-25-24(33-6-9-41(21)25)37-17-2-3-18(20(28)10-17)26(42)39-7-4-32-5-8-39/h2-3,6,9-14,32H,4-5,7-8,15H2,1H3,(H,33,37). The van der Waals surface area contributed by atoms with Gasteiger partial charge >= 0.3 is 6.18 Å². The van der Waals surface area contributed by atoms with E-state index in [1.165, 1.54) is 29.2 Å². The van der Waals surface area contributed by atoms with Crippen molar-refractivity contribution < 1.29 is 18.0 Å². The quantitative estimate of drug-likeness (QED) is 0.299. The van der Waals surface area contributed by atoms with E-state index < -0.39 is 11.9 Å². The Balaban J connectivity index is 1.30. The van der Waals surface area contributed by atoms with Crippen LogP contribution in [0.15, 0.2) is 55.4 Å². The molecule has 6 rings (SSSR count). The second kappa shape index (κ2) is 11.0. The predicted molar refractivity (Wildman–Crippen MR) is 149 cm³/mol. The largest absolute Gasteiger partial charge is 0.435 e. The van der Waals surface area contributed by atoms with Gasteiger partial charge in [0.25, 0.3) is 5.91 Å². The Hall–Kier alpha value is -4.56. The van der Waals surface area contributed by atoms with Gasteiger partial charge in [0.15, 0.2) is 17.2 Å². The number of nitrogens with zero attached hydrogens (tertiary/aromatic N) is 8. The van der Waals surface area contributed by atoms with Crippen LogP contribution in [0.25, 0.3) is 16.9 Å². The minimum atomic E-state index is -4.71. The van der Waals surface area contributed by atoms with Crippen LogP contribution in [-0.4, -0.2) is 71.1 Å². The van der Waals surface area contributed by atoms with E-state index in [1.54, 1.807) is 35.5 Å². The number of aromatic nitrogens is 7.